The third kappa shape index (κ3) is 4.26. The van der Waals surface area contributed by atoms with Crippen LogP contribution >= 0.6 is 0 Å². The Balaban J connectivity index is 1.92. The van der Waals surface area contributed by atoms with Crippen molar-refractivity contribution in [3.05, 3.63) is 35.9 Å². The van der Waals surface area contributed by atoms with E-state index in [4.69, 9.17) is 4.43 Å². The first-order chi connectivity index (χ1) is 9.42. The Morgan fingerprint density at radius 2 is 1.80 bits per heavy atom. The quantitative estimate of drug-likeness (QED) is 0.617. The zero-order valence-electron chi connectivity index (χ0n) is 12.8. The molecule has 3 nitrogen and oxygen atoms in total. The van der Waals surface area contributed by atoms with Crippen molar-refractivity contribution in [2.75, 3.05) is 13.1 Å². The van der Waals surface area contributed by atoms with Gasteiger partial charge in [0, 0.05) is 19.6 Å². The van der Waals surface area contributed by atoms with E-state index in [2.05, 4.69) is 48.8 Å². The van der Waals surface area contributed by atoms with Crippen LogP contribution in [-0.4, -0.2) is 38.2 Å². The first-order valence-corrected chi connectivity index (χ1v) is 10.8. The Kier molecular flexibility index (Phi) is 4.78. The fourth-order valence-electron chi connectivity index (χ4n) is 2.79. The van der Waals surface area contributed by atoms with Crippen molar-refractivity contribution < 1.29 is 9.22 Å². The van der Waals surface area contributed by atoms with Crippen LogP contribution in [0, 0.1) is 0 Å². The number of benzene rings is 1. The Morgan fingerprint density at radius 3 is 2.30 bits per heavy atom. The highest BCUT2D eigenvalue weighted by Crippen LogP contribution is 2.28. The topological polar surface area (TPSA) is 29.5 Å². The predicted octanol–water partition coefficient (Wildman–Crippen LogP) is 3.07. The van der Waals surface area contributed by atoms with E-state index >= 15 is 0 Å². The van der Waals surface area contributed by atoms with Crippen molar-refractivity contribution in [3.8, 4) is 0 Å². The van der Waals surface area contributed by atoms with Crippen molar-refractivity contribution in [3.63, 3.8) is 0 Å². The van der Waals surface area contributed by atoms with Crippen LogP contribution in [0.3, 0.4) is 0 Å². The average Bonchev–Trinajstić information content (AvgIpc) is 2.41. The van der Waals surface area contributed by atoms with E-state index in [1.165, 1.54) is 5.56 Å². The highest BCUT2D eigenvalue weighted by atomic mass is 28.4. The number of piperidine rings is 1. The minimum Gasteiger partial charge on any atom is -0.405 e. The summed E-state index contributed by atoms with van der Waals surface area (Å²) in [4.78, 5) is 13.9. The third-order valence-corrected chi connectivity index (χ3v) is 4.69. The molecule has 0 unspecified atom stereocenters. The van der Waals surface area contributed by atoms with Gasteiger partial charge in [-0.2, -0.15) is 0 Å². The highest BCUT2D eigenvalue weighted by molar-refractivity contribution is 6.70. The molecule has 110 valence electrons. The molecule has 0 N–H and O–H groups in total. The number of hydrogen-bond acceptors (Lipinski definition) is 3. The maximum Gasteiger partial charge on any atom is 0.185 e. The first-order valence-electron chi connectivity index (χ1n) is 7.35. The van der Waals surface area contributed by atoms with Gasteiger partial charge in [0.15, 0.2) is 14.6 Å². The molecule has 1 aromatic carbocycles. The van der Waals surface area contributed by atoms with E-state index in [1.807, 2.05) is 6.07 Å². The molecular formula is C16H25NO2Si. The lowest BCUT2D eigenvalue weighted by Crippen LogP contribution is -2.51. The van der Waals surface area contributed by atoms with Gasteiger partial charge in [-0.15, -0.1) is 0 Å². The summed E-state index contributed by atoms with van der Waals surface area (Å²) in [6, 6.07) is 10.5. The summed E-state index contributed by atoms with van der Waals surface area (Å²) >= 11 is 0. The number of carbonyl (C=O) groups excluding carboxylic acids is 1. The molecule has 0 radical (unpaired) electrons. The molecule has 4 heteroatoms. The van der Waals surface area contributed by atoms with E-state index < -0.39 is 13.9 Å². The molecule has 20 heavy (non-hydrogen) atoms. The Bertz CT molecular complexity index is 434. The first kappa shape index (κ1) is 15.4. The molecule has 0 aliphatic carbocycles. The molecule has 2 rings (SSSR count). The van der Waals surface area contributed by atoms with Gasteiger partial charge in [-0.3, -0.25) is 4.90 Å². The summed E-state index contributed by atoms with van der Waals surface area (Å²) in [5, 5.41) is 0. The zero-order valence-corrected chi connectivity index (χ0v) is 13.8. The van der Waals surface area contributed by atoms with Crippen molar-refractivity contribution in [2.45, 2.75) is 44.6 Å². The van der Waals surface area contributed by atoms with Crippen LogP contribution in [0.15, 0.2) is 30.3 Å². The van der Waals surface area contributed by atoms with E-state index in [-0.39, 0.29) is 0 Å². The maximum atomic E-state index is 11.5. The van der Waals surface area contributed by atoms with Gasteiger partial charge in [0.1, 0.15) is 5.60 Å². The molecule has 0 amide bonds. The van der Waals surface area contributed by atoms with E-state index in [0.717, 1.165) is 38.8 Å². The smallest absolute Gasteiger partial charge is 0.185 e. The van der Waals surface area contributed by atoms with E-state index in [0.29, 0.717) is 0 Å². The van der Waals surface area contributed by atoms with Crippen molar-refractivity contribution in [1.82, 2.24) is 4.90 Å². The highest BCUT2D eigenvalue weighted by Gasteiger charge is 2.38. The summed E-state index contributed by atoms with van der Waals surface area (Å²) < 4.78 is 6.16. The van der Waals surface area contributed by atoms with Gasteiger partial charge in [0.25, 0.3) is 0 Å². The second-order valence-electron chi connectivity index (χ2n) is 6.66. The van der Waals surface area contributed by atoms with Crippen LogP contribution < -0.4 is 0 Å². The Labute approximate surface area is 123 Å². The van der Waals surface area contributed by atoms with Gasteiger partial charge >= 0.3 is 0 Å². The fourth-order valence-corrected chi connectivity index (χ4v) is 4.26. The molecular weight excluding hydrogens is 266 g/mol. The van der Waals surface area contributed by atoms with Crippen LogP contribution in [0.2, 0.25) is 19.6 Å². The van der Waals surface area contributed by atoms with Gasteiger partial charge in [0.05, 0.1) is 0 Å². The second-order valence-corrected chi connectivity index (χ2v) is 11.1. The maximum absolute atomic E-state index is 11.5. The lowest BCUT2D eigenvalue weighted by atomic mass is 9.93. The number of aldehydes is 1. The fraction of sp³-hybridized carbons (Fsp3) is 0.562. The van der Waals surface area contributed by atoms with Gasteiger partial charge in [-0.25, -0.2) is 0 Å². The summed E-state index contributed by atoms with van der Waals surface area (Å²) in [6.07, 6.45) is 2.67. The number of carbonyl (C=O) groups is 1. The normalized spacial score (nSPS) is 19.8. The zero-order chi connectivity index (χ0) is 14.6. The van der Waals surface area contributed by atoms with Gasteiger partial charge in [0.2, 0.25) is 0 Å². The van der Waals surface area contributed by atoms with Crippen LogP contribution in [0.1, 0.15) is 18.4 Å². The predicted molar refractivity (Wildman–Crippen MR) is 84.2 cm³/mol. The monoisotopic (exact) mass is 291 g/mol. The van der Waals surface area contributed by atoms with E-state index in [9.17, 15) is 4.79 Å². The Hall–Kier alpha value is -0.973. The summed E-state index contributed by atoms with van der Waals surface area (Å²) in [5.74, 6) is 0. The average molecular weight is 291 g/mol. The molecule has 1 fully saturated rings. The van der Waals surface area contributed by atoms with Crippen LogP contribution in [0.4, 0.5) is 0 Å². The minimum atomic E-state index is -1.68. The SMILES string of the molecule is C[Si](C)(C)OC1(C=O)CCN(Cc2ccccc2)CC1. The molecule has 1 heterocycles. The lowest BCUT2D eigenvalue weighted by molar-refractivity contribution is -0.126. The molecule has 0 aromatic heterocycles. The molecule has 0 spiro atoms. The number of likely N-dealkylation sites (tertiary alicyclic amines) is 1. The lowest BCUT2D eigenvalue weighted by Gasteiger charge is -2.41. The van der Waals surface area contributed by atoms with Gasteiger partial charge < -0.3 is 9.22 Å². The van der Waals surface area contributed by atoms with Crippen LogP contribution in [-0.2, 0) is 15.8 Å². The molecule has 1 saturated heterocycles. The molecule has 1 aliphatic rings. The van der Waals surface area contributed by atoms with Crippen LogP contribution in [0.5, 0.6) is 0 Å². The van der Waals surface area contributed by atoms with Crippen molar-refractivity contribution >= 4 is 14.6 Å². The van der Waals surface area contributed by atoms with E-state index in [1.54, 1.807) is 0 Å². The number of nitrogens with zero attached hydrogens (tertiary/aromatic N) is 1. The van der Waals surface area contributed by atoms with Crippen molar-refractivity contribution in [2.24, 2.45) is 0 Å². The molecule has 1 aromatic rings. The standard InChI is InChI=1S/C16H25NO2Si/c1-20(2,3)19-16(14-18)9-11-17(12-10-16)13-15-7-5-4-6-8-15/h4-8,14H,9-13H2,1-3H3. The third-order valence-electron chi connectivity index (χ3n) is 3.68. The van der Waals surface area contributed by atoms with Gasteiger partial charge in [-0.1, -0.05) is 30.3 Å². The molecule has 0 bridgehead atoms. The second kappa shape index (κ2) is 6.20. The number of rotatable bonds is 5. The molecule has 0 saturated carbocycles. The summed E-state index contributed by atoms with van der Waals surface area (Å²) in [6.45, 7) is 9.26. The molecule has 1 aliphatic heterocycles. The van der Waals surface area contributed by atoms with Gasteiger partial charge in [-0.05, 0) is 38.0 Å². The van der Waals surface area contributed by atoms with Crippen molar-refractivity contribution in [1.29, 1.82) is 0 Å². The largest absolute Gasteiger partial charge is 0.405 e. The number of hydrogen-bond donors (Lipinski definition) is 0. The summed E-state index contributed by atoms with van der Waals surface area (Å²) in [5.41, 5.74) is 0.801. The molecule has 0 atom stereocenters. The van der Waals surface area contributed by atoms with Crippen LogP contribution in [0.25, 0.3) is 0 Å². The Morgan fingerprint density at radius 1 is 1.20 bits per heavy atom. The minimum absolute atomic E-state index is 0.530. The summed E-state index contributed by atoms with van der Waals surface area (Å²) in [7, 11) is -1.68.